The van der Waals surface area contributed by atoms with Crippen LogP contribution in [-0.2, 0) is 19.6 Å². The molecule has 0 saturated carbocycles. The van der Waals surface area contributed by atoms with Crippen molar-refractivity contribution in [3.05, 3.63) is 23.8 Å². The first-order valence-electron chi connectivity index (χ1n) is 5.89. The van der Waals surface area contributed by atoms with E-state index in [1.165, 1.54) is 32.2 Å². The van der Waals surface area contributed by atoms with Crippen LogP contribution in [0.5, 0.6) is 0 Å². The topological polar surface area (TPSA) is 122 Å². The highest BCUT2D eigenvalue weighted by Gasteiger charge is 2.17. The van der Waals surface area contributed by atoms with Gasteiger partial charge in [0.1, 0.15) is 0 Å². The number of carboxylic acid groups (broad SMARTS) is 1. The summed E-state index contributed by atoms with van der Waals surface area (Å²) in [4.78, 5) is 22.1. The van der Waals surface area contributed by atoms with Crippen LogP contribution in [0, 0.1) is 0 Å². The lowest BCUT2D eigenvalue weighted by molar-refractivity contribution is -0.114. The maximum absolute atomic E-state index is 11.7. The van der Waals surface area contributed by atoms with Crippen LogP contribution in [0.25, 0.3) is 0 Å². The fourth-order valence-corrected chi connectivity index (χ4v) is 2.50. The predicted molar refractivity (Wildman–Crippen MR) is 77.0 cm³/mol. The fraction of sp³-hybridized carbons (Fsp3) is 0.333. The van der Waals surface area contributed by atoms with Crippen LogP contribution in [0.4, 0.5) is 11.4 Å². The van der Waals surface area contributed by atoms with Crippen LogP contribution >= 0.6 is 0 Å². The monoisotopic (exact) mass is 316 g/mol. The van der Waals surface area contributed by atoms with Gasteiger partial charge in [0.05, 0.1) is 23.6 Å². The van der Waals surface area contributed by atoms with Gasteiger partial charge in [-0.15, -0.1) is 0 Å². The zero-order chi connectivity index (χ0) is 16.0. The molecular weight excluding hydrogens is 300 g/mol. The Hall–Kier alpha value is -2.13. The molecule has 0 heterocycles. The summed E-state index contributed by atoms with van der Waals surface area (Å²) in [6.45, 7) is 1.27. The Kier molecular flexibility index (Phi) is 5.68. The van der Waals surface area contributed by atoms with Gasteiger partial charge < -0.3 is 15.2 Å². The second-order valence-electron chi connectivity index (χ2n) is 4.16. The molecule has 0 bridgehead atoms. The largest absolute Gasteiger partial charge is 0.478 e. The van der Waals surface area contributed by atoms with Crippen molar-refractivity contribution >= 4 is 33.3 Å². The first-order valence-corrected chi connectivity index (χ1v) is 7.55. The predicted octanol–water partition coefficient (Wildman–Crippen LogP) is 0.731. The summed E-state index contributed by atoms with van der Waals surface area (Å²) in [7, 11) is -2.35. The molecule has 0 aliphatic carbocycles. The molecule has 1 amide bonds. The van der Waals surface area contributed by atoms with Gasteiger partial charge in [0.25, 0.3) is 0 Å². The minimum Gasteiger partial charge on any atom is -0.478 e. The molecular formula is C12H16N2O6S. The van der Waals surface area contributed by atoms with E-state index in [4.69, 9.17) is 5.11 Å². The van der Waals surface area contributed by atoms with Gasteiger partial charge >= 0.3 is 5.97 Å². The van der Waals surface area contributed by atoms with Crippen molar-refractivity contribution < 1.29 is 27.9 Å². The number of carbonyl (C=O) groups excluding carboxylic acids is 1. The number of ether oxygens (including phenoxy) is 1. The van der Waals surface area contributed by atoms with E-state index in [0.717, 1.165) is 0 Å². The number of carboxylic acids is 1. The molecule has 0 atom stereocenters. The summed E-state index contributed by atoms with van der Waals surface area (Å²) in [6, 6.07) is 3.86. The Morgan fingerprint density at radius 2 is 2.00 bits per heavy atom. The van der Waals surface area contributed by atoms with E-state index in [2.05, 4.69) is 14.8 Å². The van der Waals surface area contributed by atoms with Crippen LogP contribution in [0.1, 0.15) is 17.3 Å². The summed E-state index contributed by atoms with van der Waals surface area (Å²) >= 11 is 0. The van der Waals surface area contributed by atoms with Gasteiger partial charge in [-0.25, -0.2) is 13.2 Å². The second-order valence-corrected chi connectivity index (χ2v) is 6.00. The van der Waals surface area contributed by atoms with E-state index in [-0.39, 0.29) is 35.2 Å². The van der Waals surface area contributed by atoms with Gasteiger partial charge in [0, 0.05) is 19.7 Å². The highest BCUT2D eigenvalue weighted by Crippen LogP contribution is 2.22. The minimum atomic E-state index is -3.71. The molecule has 8 nitrogen and oxygen atoms in total. The molecule has 1 aromatic rings. The van der Waals surface area contributed by atoms with Crippen LogP contribution in [0.15, 0.2) is 18.2 Å². The minimum absolute atomic E-state index is 0.0122. The molecule has 116 valence electrons. The van der Waals surface area contributed by atoms with Crippen molar-refractivity contribution in [1.29, 1.82) is 0 Å². The highest BCUT2D eigenvalue weighted by atomic mass is 32.2. The summed E-state index contributed by atoms with van der Waals surface area (Å²) in [5.41, 5.74) is -0.0744. The van der Waals surface area contributed by atoms with Gasteiger partial charge in [-0.05, 0) is 18.2 Å². The molecule has 1 aromatic carbocycles. The first kappa shape index (κ1) is 16.9. The maximum atomic E-state index is 11.7. The number of benzene rings is 1. The number of nitrogens with one attached hydrogen (secondary N) is 2. The maximum Gasteiger partial charge on any atom is 0.337 e. The number of rotatable bonds is 7. The van der Waals surface area contributed by atoms with E-state index in [9.17, 15) is 18.0 Å². The van der Waals surface area contributed by atoms with Gasteiger partial charge in [-0.1, -0.05) is 0 Å². The Morgan fingerprint density at radius 1 is 1.33 bits per heavy atom. The molecule has 1 rings (SSSR count). The third kappa shape index (κ3) is 5.40. The van der Waals surface area contributed by atoms with Crippen LogP contribution in [0.2, 0.25) is 0 Å². The number of sulfonamides is 1. The number of aromatic carboxylic acids is 1. The molecule has 0 unspecified atom stereocenters. The van der Waals surface area contributed by atoms with E-state index in [0.29, 0.717) is 0 Å². The van der Waals surface area contributed by atoms with Crippen molar-refractivity contribution in [2.75, 3.05) is 29.5 Å². The molecule has 9 heteroatoms. The van der Waals surface area contributed by atoms with E-state index in [1.54, 1.807) is 0 Å². The van der Waals surface area contributed by atoms with Gasteiger partial charge in [-0.3, -0.25) is 9.52 Å². The Bertz CT molecular complexity index is 641. The Morgan fingerprint density at radius 3 is 2.52 bits per heavy atom. The number of carbonyl (C=O) groups is 2. The fourth-order valence-electron chi connectivity index (χ4n) is 1.50. The van der Waals surface area contributed by atoms with Gasteiger partial charge in [0.15, 0.2) is 0 Å². The Labute approximate surface area is 122 Å². The van der Waals surface area contributed by atoms with Crippen molar-refractivity contribution in [3.8, 4) is 0 Å². The number of hydrogen-bond acceptors (Lipinski definition) is 5. The van der Waals surface area contributed by atoms with Crippen molar-refractivity contribution in [2.24, 2.45) is 0 Å². The zero-order valence-electron chi connectivity index (χ0n) is 11.5. The standard InChI is InChI=1S/C12H16N2O6S/c1-8(15)13-9-3-4-11(10(7-9)12(16)17)14-21(18,19)6-5-20-2/h3-4,7,14H,5-6H2,1-2H3,(H,13,15)(H,16,17). The third-order valence-corrected chi connectivity index (χ3v) is 3.63. The van der Waals surface area contributed by atoms with Crippen molar-refractivity contribution in [2.45, 2.75) is 6.92 Å². The lowest BCUT2D eigenvalue weighted by atomic mass is 10.1. The Balaban J connectivity index is 3.07. The van der Waals surface area contributed by atoms with Crippen molar-refractivity contribution in [1.82, 2.24) is 0 Å². The van der Waals surface area contributed by atoms with Gasteiger partial charge in [-0.2, -0.15) is 0 Å². The summed E-state index contributed by atoms with van der Waals surface area (Å²) in [5, 5.41) is 11.5. The molecule has 21 heavy (non-hydrogen) atoms. The lowest BCUT2D eigenvalue weighted by Gasteiger charge is -2.12. The molecule has 3 N–H and O–H groups in total. The van der Waals surface area contributed by atoms with Crippen LogP contribution in [-0.4, -0.2) is 44.9 Å². The normalized spacial score (nSPS) is 11.0. The van der Waals surface area contributed by atoms with E-state index < -0.39 is 16.0 Å². The third-order valence-electron chi connectivity index (χ3n) is 2.39. The molecule has 0 aliphatic rings. The summed E-state index contributed by atoms with van der Waals surface area (Å²) < 4.78 is 30.3. The zero-order valence-corrected chi connectivity index (χ0v) is 12.4. The number of methoxy groups -OCH3 is 1. The van der Waals surface area contributed by atoms with Crippen molar-refractivity contribution in [3.63, 3.8) is 0 Å². The number of anilines is 2. The van der Waals surface area contributed by atoms with E-state index in [1.807, 2.05) is 0 Å². The molecule has 0 fully saturated rings. The molecule has 0 aromatic heterocycles. The highest BCUT2D eigenvalue weighted by molar-refractivity contribution is 7.92. The van der Waals surface area contributed by atoms with Gasteiger partial charge in [0.2, 0.25) is 15.9 Å². The number of hydrogen-bond donors (Lipinski definition) is 3. The molecule has 0 spiro atoms. The second kappa shape index (κ2) is 7.04. The average Bonchev–Trinajstić information content (AvgIpc) is 2.37. The smallest absolute Gasteiger partial charge is 0.337 e. The quantitative estimate of drug-likeness (QED) is 0.681. The first-order chi connectivity index (χ1) is 9.75. The number of amides is 1. The summed E-state index contributed by atoms with van der Waals surface area (Å²) in [5.74, 6) is -1.97. The lowest BCUT2D eigenvalue weighted by Crippen LogP contribution is -2.21. The average molecular weight is 316 g/mol. The molecule has 0 aliphatic heterocycles. The van der Waals surface area contributed by atoms with Crippen LogP contribution < -0.4 is 10.0 Å². The van der Waals surface area contributed by atoms with Crippen LogP contribution in [0.3, 0.4) is 0 Å². The SMILES string of the molecule is COCCS(=O)(=O)Nc1ccc(NC(C)=O)cc1C(=O)O. The molecule has 0 saturated heterocycles. The van der Waals surface area contributed by atoms with E-state index >= 15 is 0 Å². The summed E-state index contributed by atoms with van der Waals surface area (Å²) in [6.07, 6.45) is 0. The molecule has 0 radical (unpaired) electrons.